The standard InChI is InChI=1S/C25H32FN3O3/c1-20(25(31)27-13-14-28-15-17-32-18-16-28)29(19-22-7-10-23(26)11-8-22)24(30)12-9-21-5-3-2-4-6-21/h2-8,10-11,20H,9,12-19H2,1H3,(H,27,31)/t20-/m0/s1. The molecule has 0 bridgehead atoms. The zero-order chi connectivity index (χ0) is 22.8. The van der Waals surface area contributed by atoms with Gasteiger partial charge < -0.3 is 15.0 Å². The van der Waals surface area contributed by atoms with Gasteiger partial charge in [-0.25, -0.2) is 4.39 Å². The van der Waals surface area contributed by atoms with Gasteiger partial charge in [0.1, 0.15) is 11.9 Å². The maximum atomic E-state index is 13.3. The minimum absolute atomic E-state index is 0.103. The smallest absolute Gasteiger partial charge is 0.242 e. The maximum Gasteiger partial charge on any atom is 0.242 e. The lowest BCUT2D eigenvalue weighted by atomic mass is 10.1. The average Bonchev–Trinajstić information content (AvgIpc) is 2.83. The second-order valence-electron chi connectivity index (χ2n) is 8.05. The van der Waals surface area contributed by atoms with Crippen LogP contribution in [-0.2, 0) is 27.3 Å². The number of morpholine rings is 1. The maximum absolute atomic E-state index is 13.3. The zero-order valence-corrected chi connectivity index (χ0v) is 18.6. The van der Waals surface area contributed by atoms with Crippen LogP contribution >= 0.6 is 0 Å². The third-order valence-electron chi connectivity index (χ3n) is 5.73. The van der Waals surface area contributed by atoms with Crippen LogP contribution in [0.1, 0.15) is 24.5 Å². The largest absolute Gasteiger partial charge is 0.379 e. The number of nitrogens with zero attached hydrogens (tertiary/aromatic N) is 2. The summed E-state index contributed by atoms with van der Waals surface area (Å²) in [6.07, 6.45) is 0.904. The molecule has 1 fully saturated rings. The lowest BCUT2D eigenvalue weighted by Crippen LogP contribution is -2.49. The lowest BCUT2D eigenvalue weighted by Gasteiger charge is -2.30. The van der Waals surface area contributed by atoms with Gasteiger partial charge >= 0.3 is 0 Å². The van der Waals surface area contributed by atoms with E-state index in [-0.39, 0.29) is 24.2 Å². The molecule has 0 aromatic heterocycles. The van der Waals surface area contributed by atoms with E-state index in [1.165, 1.54) is 12.1 Å². The summed E-state index contributed by atoms with van der Waals surface area (Å²) in [7, 11) is 0. The Bertz CT molecular complexity index is 854. The second kappa shape index (κ2) is 12.3. The van der Waals surface area contributed by atoms with Crippen LogP contribution in [0.25, 0.3) is 0 Å². The molecule has 1 N–H and O–H groups in total. The van der Waals surface area contributed by atoms with Crippen LogP contribution < -0.4 is 5.32 Å². The molecule has 2 amide bonds. The summed E-state index contributed by atoms with van der Waals surface area (Å²) in [4.78, 5) is 29.8. The van der Waals surface area contributed by atoms with Crippen LogP contribution in [0.2, 0.25) is 0 Å². The third kappa shape index (κ3) is 7.43. The molecular weight excluding hydrogens is 409 g/mol. The van der Waals surface area contributed by atoms with Crippen molar-refractivity contribution in [3.05, 3.63) is 71.5 Å². The highest BCUT2D eigenvalue weighted by atomic mass is 19.1. The number of hydrogen-bond acceptors (Lipinski definition) is 4. The van der Waals surface area contributed by atoms with E-state index in [2.05, 4.69) is 10.2 Å². The van der Waals surface area contributed by atoms with Gasteiger partial charge in [-0.1, -0.05) is 42.5 Å². The number of carbonyl (C=O) groups excluding carboxylic acids is 2. The Morgan fingerprint density at radius 2 is 1.75 bits per heavy atom. The van der Waals surface area contributed by atoms with Gasteiger partial charge in [-0.15, -0.1) is 0 Å². The molecule has 0 saturated carbocycles. The van der Waals surface area contributed by atoms with Crippen molar-refractivity contribution < 1.29 is 18.7 Å². The number of aryl methyl sites for hydroxylation is 1. The van der Waals surface area contributed by atoms with E-state index in [1.54, 1.807) is 24.0 Å². The number of rotatable bonds is 10. The Morgan fingerprint density at radius 3 is 2.44 bits per heavy atom. The fourth-order valence-electron chi connectivity index (χ4n) is 3.72. The number of amides is 2. The molecular formula is C25H32FN3O3. The summed E-state index contributed by atoms with van der Waals surface area (Å²) >= 11 is 0. The summed E-state index contributed by atoms with van der Waals surface area (Å²) in [5.74, 6) is -0.618. The summed E-state index contributed by atoms with van der Waals surface area (Å²) in [5.41, 5.74) is 1.86. The molecule has 7 heteroatoms. The van der Waals surface area contributed by atoms with E-state index in [9.17, 15) is 14.0 Å². The molecule has 0 unspecified atom stereocenters. The molecule has 1 aliphatic rings. The van der Waals surface area contributed by atoms with Gasteiger partial charge in [-0.3, -0.25) is 14.5 Å². The van der Waals surface area contributed by atoms with Crippen LogP contribution in [0.5, 0.6) is 0 Å². The third-order valence-corrected chi connectivity index (χ3v) is 5.73. The molecule has 172 valence electrons. The minimum atomic E-state index is -0.631. The summed E-state index contributed by atoms with van der Waals surface area (Å²) in [6, 6.07) is 15.2. The van der Waals surface area contributed by atoms with E-state index in [4.69, 9.17) is 4.74 Å². The predicted molar refractivity (Wildman–Crippen MR) is 121 cm³/mol. The Balaban J connectivity index is 1.60. The molecule has 2 aromatic carbocycles. The minimum Gasteiger partial charge on any atom is -0.379 e. The van der Waals surface area contributed by atoms with Crippen molar-refractivity contribution in [2.75, 3.05) is 39.4 Å². The Morgan fingerprint density at radius 1 is 1.06 bits per heavy atom. The number of hydrogen-bond donors (Lipinski definition) is 1. The predicted octanol–water partition coefficient (Wildman–Crippen LogP) is 2.62. The SMILES string of the molecule is C[C@@H](C(=O)NCCN1CCOCC1)N(Cc1ccc(F)cc1)C(=O)CCc1ccccc1. The average molecular weight is 442 g/mol. The molecule has 0 spiro atoms. The molecule has 0 aliphatic carbocycles. The summed E-state index contributed by atoms with van der Waals surface area (Å²) in [6.45, 7) is 6.42. The van der Waals surface area contributed by atoms with Crippen LogP contribution in [0.4, 0.5) is 4.39 Å². The molecule has 32 heavy (non-hydrogen) atoms. The van der Waals surface area contributed by atoms with Gasteiger partial charge in [0.25, 0.3) is 0 Å². The topological polar surface area (TPSA) is 61.9 Å². The van der Waals surface area contributed by atoms with E-state index >= 15 is 0 Å². The highest BCUT2D eigenvalue weighted by Crippen LogP contribution is 2.14. The number of nitrogens with one attached hydrogen (secondary N) is 1. The lowest BCUT2D eigenvalue weighted by molar-refractivity contribution is -0.140. The molecule has 1 atom stereocenters. The number of carbonyl (C=O) groups is 2. The first-order chi connectivity index (χ1) is 15.5. The fourth-order valence-corrected chi connectivity index (χ4v) is 3.72. The van der Waals surface area contributed by atoms with Gasteiger partial charge in [0, 0.05) is 39.1 Å². The molecule has 1 saturated heterocycles. The van der Waals surface area contributed by atoms with E-state index in [0.29, 0.717) is 32.6 Å². The second-order valence-corrected chi connectivity index (χ2v) is 8.05. The molecule has 0 radical (unpaired) electrons. The first kappa shape index (κ1) is 23.9. The van der Waals surface area contributed by atoms with Crippen molar-refractivity contribution in [2.24, 2.45) is 0 Å². The normalized spacial score (nSPS) is 15.2. The molecule has 1 heterocycles. The van der Waals surface area contributed by atoms with Gasteiger partial charge in [0.05, 0.1) is 13.2 Å². The highest BCUT2D eigenvalue weighted by Gasteiger charge is 2.26. The fraction of sp³-hybridized carbons (Fsp3) is 0.440. The van der Waals surface area contributed by atoms with Gasteiger partial charge in [0.2, 0.25) is 11.8 Å². The van der Waals surface area contributed by atoms with Crippen molar-refractivity contribution in [1.82, 2.24) is 15.1 Å². The highest BCUT2D eigenvalue weighted by molar-refractivity contribution is 5.87. The number of halogens is 1. The van der Waals surface area contributed by atoms with Crippen molar-refractivity contribution >= 4 is 11.8 Å². The van der Waals surface area contributed by atoms with Crippen LogP contribution in [0.3, 0.4) is 0 Å². The van der Waals surface area contributed by atoms with E-state index in [1.807, 2.05) is 30.3 Å². The summed E-state index contributed by atoms with van der Waals surface area (Å²) in [5, 5.41) is 2.96. The Hall–Kier alpha value is -2.77. The number of ether oxygens (including phenoxy) is 1. The first-order valence-electron chi connectivity index (χ1n) is 11.2. The zero-order valence-electron chi connectivity index (χ0n) is 18.6. The van der Waals surface area contributed by atoms with Crippen molar-refractivity contribution in [2.45, 2.75) is 32.4 Å². The first-order valence-corrected chi connectivity index (χ1v) is 11.2. The van der Waals surface area contributed by atoms with Crippen molar-refractivity contribution in [3.8, 4) is 0 Å². The molecule has 3 rings (SSSR count). The quantitative estimate of drug-likeness (QED) is 0.616. The monoisotopic (exact) mass is 441 g/mol. The van der Waals surface area contributed by atoms with Crippen molar-refractivity contribution in [1.29, 1.82) is 0 Å². The summed E-state index contributed by atoms with van der Waals surface area (Å²) < 4.78 is 18.7. The Labute approximate surface area is 189 Å². The van der Waals surface area contributed by atoms with E-state index < -0.39 is 6.04 Å². The Kier molecular flexibility index (Phi) is 9.19. The number of benzene rings is 2. The van der Waals surface area contributed by atoms with Gasteiger partial charge in [-0.05, 0) is 36.6 Å². The van der Waals surface area contributed by atoms with Gasteiger partial charge in [0.15, 0.2) is 0 Å². The van der Waals surface area contributed by atoms with Crippen LogP contribution in [0, 0.1) is 5.82 Å². The van der Waals surface area contributed by atoms with Crippen LogP contribution in [0.15, 0.2) is 54.6 Å². The molecule has 6 nitrogen and oxygen atoms in total. The van der Waals surface area contributed by atoms with E-state index in [0.717, 1.165) is 30.8 Å². The van der Waals surface area contributed by atoms with Crippen molar-refractivity contribution in [3.63, 3.8) is 0 Å². The van der Waals surface area contributed by atoms with Gasteiger partial charge in [-0.2, -0.15) is 0 Å². The molecule has 1 aliphatic heterocycles. The van der Waals surface area contributed by atoms with Crippen LogP contribution in [-0.4, -0.2) is 67.0 Å². The molecule has 2 aromatic rings.